The van der Waals surface area contributed by atoms with Crippen molar-refractivity contribution in [1.29, 1.82) is 0 Å². The molecule has 31 heavy (non-hydrogen) atoms. The molecule has 0 spiro atoms. The zero-order valence-electron chi connectivity index (χ0n) is 18.1. The predicted molar refractivity (Wildman–Crippen MR) is 114 cm³/mol. The van der Waals surface area contributed by atoms with Gasteiger partial charge in [0.05, 0.1) is 24.7 Å². The van der Waals surface area contributed by atoms with Gasteiger partial charge in [-0.1, -0.05) is 0 Å². The second-order valence-corrected chi connectivity index (χ2v) is 8.51. The van der Waals surface area contributed by atoms with Crippen molar-refractivity contribution in [2.45, 2.75) is 32.1 Å². The molecule has 3 aliphatic rings. The highest BCUT2D eigenvalue weighted by Gasteiger charge is 2.37. The summed E-state index contributed by atoms with van der Waals surface area (Å²) in [5, 5.41) is 0. The van der Waals surface area contributed by atoms with Crippen LogP contribution in [0.4, 0.5) is 5.82 Å². The van der Waals surface area contributed by atoms with Crippen LogP contribution in [0.1, 0.15) is 48.2 Å². The molecule has 0 bridgehead atoms. The molecule has 0 radical (unpaired) electrons. The van der Waals surface area contributed by atoms with Gasteiger partial charge < -0.3 is 25.2 Å². The third-order valence-corrected chi connectivity index (χ3v) is 6.65. The van der Waals surface area contributed by atoms with Crippen molar-refractivity contribution in [2.75, 3.05) is 58.2 Å². The van der Waals surface area contributed by atoms with Crippen molar-refractivity contribution < 1.29 is 19.1 Å². The molecule has 0 saturated carbocycles. The molecule has 3 aliphatic heterocycles. The van der Waals surface area contributed by atoms with Crippen LogP contribution < -0.4 is 5.73 Å². The number of carbonyl (C=O) groups is 3. The number of morpholine rings is 1. The quantitative estimate of drug-likeness (QED) is 0.755. The number of rotatable bonds is 4. The van der Waals surface area contributed by atoms with Gasteiger partial charge in [0.1, 0.15) is 5.82 Å². The summed E-state index contributed by atoms with van der Waals surface area (Å²) in [5.74, 6) is 0.299. The highest BCUT2D eigenvalue weighted by Crippen LogP contribution is 2.30. The average molecular weight is 430 g/mol. The first-order valence-electron chi connectivity index (χ1n) is 11.2. The van der Waals surface area contributed by atoms with Crippen molar-refractivity contribution in [3.63, 3.8) is 0 Å². The number of piperidine rings is 1. The van der Waals surface area contributed by atoms with Gasteiger partial charge in [0.2, 0.25) is 11.8 Å². The fourth-order valence-electron chi connectivity index (χ4n) is 4.73. The maximum Gasteiger partial charge on any atom is 0.257 e. The largest absolute Gasteiger partial charge is 0.383 e. The molecule has 1 aromatic rings. The number of amides is 3. The van der Waals surface area contributed by atoms with Crippen LogP contribution in [0, 0.1) is 5.92 Å². The summed E-state index contributed by atoms with van der Waals surface area (Å²) in [6.45, 7) is 6.64. The zero-order valence-corrected chi connectivity index (χ0v) is 18.1. The number of likely N-dealkylation sites (tertiary alicyclic amines) is 2. The molecule has 4 rings (SSSR count). The Morgan fingerprint density at radius 2 is 1.84 bits per heavy atom. The number of nitrogen functional groups attached to an aromatic ring is 1. The number of nitrogens with zero attached hydrogens (tertiary/aromatic N) is 4. The van der Waals surface area contributed by atoms with E-state index in [2.05, 4.69) is 4.98 Å². The number of hydrogen-bond acceptors (Lipinski definition) is 6. The SMILES string of the molecule is CCN1C[C@@H](C(=O)N2CCC(c3ccc(C(=O)N4CCOCC4)c(N)n3)CC2)CC1=O. The molecule has 3 amide bonds. The highest BCUT2D eigenvalue weighted by molar-refractivity contribution is 5.98. The molecular weight excluding hydrogens is 398 g/mol. The highest BCUT2D eigenvalue weighted by atomic mass is 16.5. The molecule has 168 valence electrons. The first-order valence-corrected chi connectivity index (χ1v) is 11.2. The first-order chi connectivity index (χ1) is 15.0. The molecule has 2 N–H and O–H groups in total. The lowest BCUT2D eigenvalue weighted by atomic mass is 9.91. The fourth-order valence-corrected chi connectivity index (χ4v) is 4.73. The van der Waals surface area contributed by atoms with Gasteiger partial charge in [-0.05, 0) is 31.9 Å². The van der Waals surface area contributed by atoms with Gasteiger partial charge in [0.25, 0.3) is 5.91 Å². The Morgan fingerprint density at radius 3 is 2.45 bits per heavy atom. The number of ether oxygens (including phenoxy) is 1. The van der Waals surface area contributed by atoms with Gasteiger partial charge in [0, 0.05) is 57.3 Å². The molecule has 0 unspecified atom stereocenters. The summed E-state index contributed by atoms with van der Waals surface area (Å²) in [7, 11) is 0. The number of pyridine rings is 1. The number of aromatic nitrogens is 1. The van der Waals surface area contributed by atoms with Gasteiger partial charge >= 0.3 is 0 Å². The normalized spacial score (nSPS) is 22.8. The standard InChI is InChI=1S/C22H31N5O4/c1-2-25-14-16(13-19(25)28)21(29)26-7-5-15(6-8-26)18-4-3-17(20(23)24-18)22(30)27-9-11-31-12-10-27/h3-4,15-16H,2,5-14H2,1H3,(H2,23,24)/t16-/m0/s1. The Labute approximate surface area is 182 Å². The van der Waals surface area contributed by atoms with Crippen LogP contribution in [0.3, 0.4) is 0 Å². The van der Waals surface area contributed by atoms with Crippen LogP contribution in [0.2, 0.25) is 0 Å². The van der Waals surface area contributed by atoms with Crippen LogP contribution in [0.15, 0.2) is 12.1 Å². The summed E-state index contributed by atoms with van der Waals surface area (Å²) in [6, 6.07) is 3.66. The lowest BCUT2D eigenvalue weighted by molar-refractivity contribution is -0.136. The Bertz CT molecular complexity index is 846. The van der Waals surface area contributed by atoms with E-state index in [9.17, 15) is 14.4 Å². The Hall–Kier alpha value is -2.68. The minimum Gasteiger partial charge on any atom is -0.383 e. The maximum absolute atomic E-state index is 12.8. The smallest absolute Gasteiger partial charge is 0.257 e. The summed E-state index contributed by atoms with van der Waals surface area (Å²) < 4.78 is 5.30. The summed E-state index contributed by atoms with van der Waals surface area (Å²) in [4.78, 5) is 47.4. The zero-order chi connectivity index (χ0) is 22.0. The van der Waals surface area contributed by atoms with Crippen LogP contribution in [-0.4, -0.2) is 89.9 Å². The molecule has 1 aromatic heterocycles. The van der Waals surface area contributed by atoms with E-state index in [0.717, 1.165) is 18.5 Å². The number of nitrogens with two attached hydrogens (primary N) is 1. The molecule has 9 nitrogen and oxygen atoms in total. The van der Waals surface area contributed by atoms with Gasteiger partial charge in [-0.15, -0.1) is 0 Å². The van der Waals surface area contributed by atoms with Crippen molar-refractivity contribution in [2.24, 2.45) is 5.92 Å². The second kappa shape index (κ2) is 9.21. The molecule has 1 atom stereocenters. The number of hydrogen-bond donors (Lipinski definition) is 1. The van der Waals surface area contributed by atoms with Gasteiger partial charge in [-0.2, -0.15) is 0 Å². The van der Waals surface area contributed by atoms with E-state index in [0.29, 0.717) is 64.5 Å². The number of carbonyl (C=O) groups excluding carboxylic acids is 3. The van der Waals surface area contributed by atoms with Gasteiger partial charge in [-0.3, -0.25) is 14.4 Å². The van der Waals surface area contributed by atoms with E-state index in [1.807, 2.05) is 17.9 Å². The summed E-state index contributed by atoms with van der Waals surface area (Å²) in [6.07, 6.45) is 1.92. The molecule has 4 heterocycles. The minimum atomic E-state index is -0.219. The van der Waals surface area contributed by atoms with Crippen LogP contribution in [0.5, 0.6) is 0 Å². The lowest BCUT2D eigenvalue weighted by Gasteiger charge is -2.33. The summed E-state index contributed by atoms with van der Waals surface area (Å²) >= 11 is 0. The molecule has 0 aliphatic carbocycles. The van der Waals surface area contributed by atoms with Crippen LogP contribution >= 0.6 is 0 Å². The Balaban J connectivity index is 1.34. The topological polar surface area (TPSA) is 109 Å². The van der Waals surface area contributed by atoms with Crippen molar-refractivity contribution in [3.05, 3.63) is 23.4 Å². The van der Waals surface area contributed by atoms with E-state index in [4.69, 9.17) is 10.5 Å². The molecule has 0 aromatic carbocycles. The van der Waals surface area contributed by atoms with Crippen molar-refractivity contribution >= 4 is 23.5 Å². The number of anilines is 1. The average Bonchev–Trinajstić information content (AvgIpc) is 3.19. The van der Waals surface area contributed by atoms with Crippen molar-refractivity contribution in [1.82, 2.24) is 19.7 Å². The van der Waals surface area contributed by atoms with E-state index < -0.39 is 0 Å². The van der Waals surface area contributed by atoms with Crippen molar-refractivity contribution in [3.8, 4) is 0 Å². The third kappa shape index (κ3) is 4.51. The second-order valence-electron chi connectivity index (χ2n) is 8.51. The molecule has 3 saturated heterocycles. The molecular formula is C22H31N5O4. The Kier molecular flexibility index (Phi) is 6.41. The molecule has 9 heteroatoms. The van der Waals surface area contributed by atoms with Gasteiger partial charge in [0.15, 0.2) is 0 Å². The summed E-state index contributed by atoms with van der Waals surface area (Å²) in [5.41, 5.74) is 7.45. The predicted octanol–water partition coefficient (Wildman–Crippen LogP) is 0.711. The van der Waals surface area contributed by atoms with E-state index in [1.165, 1.54) is 0 Å². The van der Waals surface area contributed by atoms with Crippen LogP contribution in [0.25, 0.3) is 0 Å². The monoisotopic (exact) mass is 429 g/mol. The fraction of sp³-hybridized carbons (Fsp3) is 0.636. The van der Waals surface area contributed by atoms with Gasteiger partial charge in [-0.25, -0.2) is 4.98 Å². The van der Waals surface area contributed by atoms with Crippen LogP contribution in [-0.2, 0) is 14.3 Å². The third-order valence-electron chi connectivity index (χ3n) is 6.65. The van der Waals surface area contributed by atoms with E-state index >= 15 is 0 Å². The Morgan fingerprint density at radius 1 is 1.13 bits per heavy atom. The first kappa shape index (κ1) is 21.5. The van der Waals surface area contributed by atoms with E-state index in [-0.39, 0.29) is 35.4 Å². The van der Waals surface area contributed by atoms with E-state index in [1.54, 1.807) is 15.9 Å². The minimum absolute atomic E-state index is 0.0714. The molecule has 3 fully saturated rings. The lowest BCUT2D eigenvalue weighted by Crippen LogP contribution is -2.42. The maximum atomic E-state index is 12.8.